The third-order valence-electron chi connectivity index (χ3n) is 5.87. The minimum atomic E-state index is 0. The Kier molecular flexibility index (Phi) is 9.15. The van der Waals surface area contributed by atoms with Gasteiger partial charge in [-0.3, -0.25) is 4.99 Å². The third kappa shape index (κ3) is 6.24. The second-order valence-corrected chi connectivity index (χ2v) is 7.61. The smallest absolute Gasteiger partial charge is 0.193 e. The van der Waals surface area contributed by atoms with Crippen molar-refractivity contribution in [2.24, 2.45) is 10.4 Å². The molecule has 0 bridgehead atoms. The van der Waals surface area contributed by atoms with E-state index >= 15 is 0 Å². The number of likely N-dealkylation sites (tertiary alicyclic amines) is 1. The van der Waals surface area contributed by atoms with Crippen LogP contribution in [0.4, 0.5) is 0 Å². The summed E-state index contributed by atoms with van der Waals surface area (Å²) >= 11 is 0. The Morgan fingerprint density at radius 2 is 1.93 bits per heavy atom. The zero-order valence-corrected chi connectivity index (χ0v) is 19.0. The van der Waals surface area contributed by atoms with Gasteiger partial charge in [0.2, 0.25) is 0 Å². The number of piperidine rings is 1. The predicted octanol–water partition coefficient (Wildman–Crippen LogP) is 3.93. The summed E-state index contributed by atoms with van der Waals surface area (Å²) in [4.78, 5) is 6.89. The van der Waals surface area contributed by atoms with Gasteiger partial charge in [-0.05, 0) is 36.8 Å². The van der Waals surface area contributed by atoms with Crippen molar-refractivity contribution in [3.05, 3.63) is 30.3 Å². The maximum absolute atomic E-state index is 6.10. The summed E-state index contributed by atoms with van der Waals surface area (Å²) in [6.07, 6.45) is 7.44. The van der Waals surface area contributed by atoms with Crippen LogP contribution in [0.15, 0.2) is 35.3 Å². The average molecular weight is 487 g/mol. The Balaban J connectivity index is 0.00000261. The van der Waals surface area contributed by atoms with Crippen molar-refractivity contribution in [1.82, 2.24) is 10.2 Å². The van der Waals surface area contributed by atoms with Crippen molar-refractivity contribution in [2.45, 2.75) is 44.6 Å². The second kappa shape index (κ2) is 11.1. The van der Waals surface area contributed by atoms with Crippen LogP contribution in [0.3, 0.4) is 0 Å². The topological polar surface area (TPSA) is 46.1 Å². The van der Waals surface area contributed by atoms with Crippen LogP contribution in [-0.4, -0.2) is 57.4 Å². The van der Waals surface area contributed by atoms with Crippen molar-refractivity contribution in [2.75, 3.05) is 40.4 Å². The molecule has 152 valence electrons. The van der Waals surface area contributed by atoms with Gasteiger partial charge >= 0.3 is 0 Å². The number of rotatable bonds is 7. The molecule has 3 rings (SSSR count). The first-order valence-corrected chi connectivity index (χ1v) is 9.91. The number of nitrogens with zero attached hydrogens (tertiary/aromatic N) is 2. The van der Waals surface area contributed by atoms with E-state index < -0.39 is 0 Å². The normalized spacial score (nSPS) is 19.8. The highest BCUT2D eigenvalue weighted by atomic mass is 127. The molecule has 1 heterocycles. The Labute approximate surface area is 180 Å². The number of hydrogen-bond donors (Lipinski definition) is 1. The Morgan fingerprint density at radius 1 is 1.22 bits per heavy atom. The summed E-state index contributed by atoms with van der Waals surface area (Å²) in [5, 5.41) is 3.63. The SMILES string of the molecule is CN=C(NCC1(CCOC)CCC1)N1CCC(Oc2ccccc2)CC1.I. The van der Waals surface area contributed by atoms with Crippen LogP contribution < -0.4 is 10.1 Å². The summed E-state index contributed by atoms with van der Waals surface area (Å²) in [5.41, 5.74) is 0.403. The molecule has 6 heteroatoms. The van der Waals surface area contributed by atoms with Crippen LogP contribution in [0.1, 0.15) is 38.5 Å². The van der Waals surface area contributed by atoms with E-state index in [1.54, 1.807) is 7.11 Å². The van der Waals surface area contributed by atoms with Crippen LogP contribution in [0.2, 0.25) is 0 Å². The largest absolute Gasteiger partial charge is 0.490 e. The van der Waals surface area contributed by atoms with Crippen molar-refractivity contribution in [1.29, 1.82) is 0 Å². The van der Waals surface area contributed by atoms with Gasteiger partial charge in [0.1, 0.15) is 11.9 Å². The van der Waals surface area contributed by atoms with Gasteiger partial charge in [-0.15, -0.1) is 24.0 Å². The van der Waals surface area contributed by atoms with Gasteiger partial charge in [0, 0.05) is 53.2 Å². The molecule has 0 unspecified atom stereocenters. The molecular weight excluding hydrogens is 453 g/mol. The molecule has 1 aromatic carbocycles. The number of guanidine groups is 1. The number of benzene rings is 1. The van der Waals surface area contributed by atoms with E-state index in [4.69, 9.17) is 9.47 Å². The van der Waals surface area contributed by atoms with Gasteiger partial charge < -0.3 is 19.7 Å². The highest BCUT2D eigenvalue weighted by Crippen LogP contribution is 2.43. The zero-order valence-electron chi connectivity index (χ0n) is 16.7. The number of halogens is 1. The molecular formula is C21H34IN3O2. The summed E-state index contributed by atoms with van der Waals surface area (Å²) in [5.74, 6) is 2.00. The van der Waals surface area contributed by atoms with Gasteiger partial charge in [0.15, 0.2) is 5.96 Å². The van der Waals surface area contributed by atoms with E-state index in [1.807, 2.05) is 37.4 Å². The first-order chi connectivity index (χ1) is 12.7. The van der Waals surface area contributed by atoms with Gasteiger partial charge in [0.25, 0.3) is 0 Å². The summed E-state index contributed by atoms with van der Waals surface area (Å²) in [6, 6.07) is 10.1. The lowest BCUT2D eigenvalue weighted by atomic mass is 9.67. The van der Waals surface area contributed by atoms with Crippen LogP contribution >= 0.6 is 24.0 Å². The summed E-state index contributed by atoms with van der Waals surface area (Å²) in [7, 11) is 3.68. The van der Waals surface area contributed by atoms with E-state index in [9.17, 15) is 0 Å². The number of aliphatic imine (C=N–C) groups is 1. The second-order valence-electron chi connectivity index (χ2n) is 7.61. The van der Waals surface area contributed by atoms with Crippen LogP contribution in [0.25, 0.3) is 0 Å². The van der Waals surface area contributed by atoms with Gasteiger partial charge in [-0.2, -0.15) is 0 Å². The van der Waals surface area contributed by atoms with Crippen molar-refractivity contribution >= 4 is 29.9 Å². The number of para-hydroxylation sites is 1. The number of hydrogen-bond acceptors (Lipinski definition) is 3. The molecule has 5 nitrogen and oxygen atoms in total. The van der Waals surface area contributed by atoms with Gasteiger partial charge in [-0.1, -0.05) is 24.6 Å². The van der Waals surface area contributed by atoms with Gasteiger partial charge in [0.05, 0.1) is 0 Å². The van der Waals surface area contributed by atoms with E-state index in [1.165, 1.54) is 19.3 Å². The zero-order chi connectivity index (χ0) is 18.2. The Bertz CT molecular complexity index is 570. The van der Waals surface area contributed by atoms with E-state index in [2.05, 4.69) is 15.2 Å². The molecule has 0 radical (unpaired) electrons. The van der Waals surface area contributed by atoms with Crippen LogP contribution in [-0.2, 0) is 4.74 Å². The van der Waals surface area contributed by atoms with E-state index in [0.717, 1.165) is 57.2 Å². The van der Waals surface area contributed by atoms with Crippen molar-refractivity contribution in [3.8, 4) is 5.75 Å². The van der Waals surface area contributed by atoms with E-state index in [0.29, 0.717) is 11.5 Å². The molecule has 0 spiro atoms. The molecule has 1 aliphatic heterocycles. The van der Waals surface area contributed by atoms with Crippen LogP contribution in [0, 0.1) is 5.41 Å². The minimum Gasteiger partial charge on any atom is -0.490 e. The number of methoxy groups -OCH3 is 1. The maximum atomic E-state index is 6.10. The molecule has 1 saturated heterocycles. The molecule has 1 N–H and O–H groups in total. The lowest BCUT2D eigenvalue weighted by Gasteiger charge is -2.43. The molecule has 0 aromatic heterocycles. The number of ether oxygens (including phenoxy) is 2. The minimum absolute atomic E-state index is 0. The van der Waals surface area contributed by atoms with Gasteiger partial charge in [-0.25, -0.2) is 0 Å². The summed E-state index contributed by atoms with van der Waals surface area (Å²) < 4.78 is 11.4. The molecule has 1 saturated carbocycles. The van der Waals surface area contributed by atoms with E-state index in [-0.39, 0.29) is 24.0 Å². The molecule has 0 atom stereocenters. The molecule has 27 heavy (non-hydrogen) atoms. The third-order valence-corrected chi connectivity index (χ3v) is 5.87. The maximum Gasteiger partial charge on any atom is 0.193 e. The van der Waals surface area contributed by atoms with Crippen molar-refractivity contribution < 1.29 is 9.47 Å². The van der Waals surface area contributed by atoms with Crippen LogP contribution in [0.5, 0.6) is 5.75 Å². The fraction of sp³-hybridized carbons (Fsp3) is 0.667. The fourth-order valence-electron chi connectivity index (χ4n) is 3.99. The molecule has 1 aliphatic carbocycles. The van der Waals surface area contributed by atoms with Crippen molar-refractivity contribution in [3.63, 3.8) is 0 Å². The molecule has 0 amide bonds. The first-order valence-electron chi connectivity index (χ1n) is 9.91. The summed E-state index contributed by atoms with van der Waals surface area (Å²) in [6.45, 7) is 3.83. The molecule has 2 fully saturated rings. The molecule has 2 aliphatic rings. The molecule has 1 aromatic rings. The quantitative estimate of drug-likeness (QED) is 0.360. The highest BCUT2D eigenvalue weighted by molar-refractivity contribution is 14.0. The lowest BCUT2D eigenvalue weighted by molar-refractivity contribution is 0.0718. The Hall–Kier alpha value is -1.02. The Morgan fingerprint density at radius 3 is 2.48 bits per heavy atom. The fourth-order valence-corrected chi connectivity index (χ4v) is 3.99. The predicted molar refractivity (Wildman–Crippen MR) is 121 cm³/mol. The number of nitrogens with one attached hydrogen (secondary N) is 1. The standard InChI is InChI=1S/C21H33N3O2.HI/c1-22-20(23-17-21(11-6-12-21)13-16-25-2)24-14-9-19(10-15-24)26-18-7-4-3-5-8-18;/h3-5,7-8,19H,6,9-17H2,1-2H3,(H,22,23);1H. The highest BCUT2D eigenvalue weighted by Gasteiger charge is 2.37. The average Bonchev–Trinajstić information content (AvgIpc) is 2.65. The monoisotopic (exact) mass is 487 g/mol. The first kappa shape index (κ1) is 22.3. The lowest BCUT2D eigenvalue weighted by Crippen LogP contribution is -2.51.